The average Bonchev–Trinajstić information content (AvgIpc) is 2.58. The summed E-state index contributed by atoms with van der Waals surface area (Å²) in [5.74, 6) is -0.423. The molecule has 0 aliphatic carbocycles. The molecule has 5 heteroatoms. The Labute approximate surface area is 146 Å². The Morgan fingerprint density at radius 1 is 1.12 bits per heavy atom. The number of anilines is 1. The molecule has 0 aliphatic heterocycles. The van der Waals surface area contributed by atoms with Crippen molar-refractivity contribution in [3.63, 3.8) is 0 Å². The topological polar surface area (TPSA) is 55.4 Å². The zero-order chi connectivity index (χ0) is 17.4. The molecule has 2 aromatic rings. The standard InChI is InChI=1S/C19H18ClNO3/c1-2-17(19(23)24-13-14-7-4-3-5-8-14)21-16-10-6-9-15(11-16)12-18(20)22/h2-11,17,21H,1,12-13H2. The summed E-state index contributed by atoms with van der Waals surface area (Å²) in [6, 6.07) is 15.9. The van der Waals surface area contributed by atoms with Crippen LogP contribution in [0.1, 0.15) is 11.1 Å². The molecule has 0 saturated carbocycles. The summed E-state index contributed by atoms with van der Waals surface area (Å²) < 4.78 is 5.30. The molecule has 0 aromatic heterocycles. The van der Waals surface area contributed by atoms with E-state index in [0.29, 0.717) is 5.69 Å². The number of ether oxygens (including phenoxy) is 1. The van der Waals surface area contributed by atoms with Gasteiger partial charge in [0.25, 0.3) is 0 Å². The minimum Gasteiger partial charge on any atom is -0.459 e. The van der Waals surface area contributed by atoms with E-state index in [1.165, 1.54) is 6.08 Å². The molecule has 124 valence electrons. The van der Waals surface area contributed by atoms with E-state index >= 15 is 0 Å². The lowest BCUT2D eigenvalue weighted by molar-refractivity contribution is -0.144. The molecule has 0 fully saturated rings. The molecule has 2 aromatic carbocycles. The summed E-state index contributed by atoms with van der Waals surface area (Å²) in [6.07, 6.45) is 1.61. The quantitative estimate of drug-likeness (QED) is 0.451. The molecule has 24 heavy (non-hydrogen) atoms. The van der Waals surface area contributed by atoms with E-state index in [4.69, 9.17) is 16.3 Å². The Morgan fingerprint density at radius 3 is 2.50 bits per heavy atom. The zero-order valence-electron chi connectivity index (χ0n) is 13.1. The maximum atomic E-state index is 12.2. The average molecular weight is 344 g/mol. The van der Waals surface area contributed by atoms with Crippen LogP contribution in [0, 0.1) is 0 Å². The maximum Gasteiger partial charge on any atom is 0.332 e. The van der Waals surface area contributed by atoms with Crippen LogP contribution in [0.4, 0.5) is 5.69 Å². The van der Waals surface area contributed by atoms with Crippen molar-refractivity contribution < 1.29 is 14.3 Å². The van der Waals surface area contributed by atoms with Gasteiger partial charge in [-0.05, 0) is 34.9 Å². The summed E-state index contributed by atoms with van der Waals surface area (Å²) >= 11 is 5.40. The number of halogens is 1. The van der Waals surface area contributed by atoms with E-state index in [1.54, 1.807) is 24.3 Å². The number of hydrogen-bond donors (Lipinski definition) is 1. The Morgan fingerprint density at radius 2 is 1.83 bits per heavy atom. The van der Waals surface area contributed by atoms with Gasteiger partial charge in [0.2, 0.25) is 5.24 Å². The molecule has 1 unspecified atom stereocenters. The van der Waals surface area contributed by atoms with Crippen LogP contribution in [-0.4, -0.2) is 17.3 Å². The lowest BCUT2D eigenvalue weighted by Gasteiger charge is -2.16. The molecule has 0 saturated heterocycles. The first-order chi connectivity index (χ1) is 11.6. The Bertz CT molecular complexity index is 716. The molecular formula is C19H18ClNO3. The number of hydrogen-bond acceptors (Lipinski definition) is 4. The van der Waals surface area contributed by atoms with Crippen molar-refractivity contribution in [3.8, 4) is 0 Å². The van der Waals surface area contributed by atoms with Gasteiger partial charge in [-0.15, -0.1) is 6.58 Å². The Kier molecular flexibility index (Phi) is 6.58. The molecule has 0 bridgehead atoms. The summed E-state index contributed by atoms with van der Waals surface area (Å²) in [6.45, 7) is 3.87. The van der Waals surface area contributed by atoms with E-state index in [0.717, 1.165) is 11.1 Å². The molecule has 0 heterocycles. The van der Waals surface area contributed by atoms with Crippen molar-refractivity contribution in [2.45, 2.75) is 19.1 Å². The first kappa shape index (κ1) is 17.8. The SMILES string of the molecule is C=CC(Nc1cccc(CC(=O)Cl)c1)C(=O)OCc1ccccc1. The summed E-state index contributed by atoms with van der Waals surface area (Å²) in [4.78, 5) is 23.2. The third-order valence-corrected chi connectivity index (χ3v) is 3.44. The second-order valence-electron chi connectivity index (χ2n) is 5.18. The fourth-order valence-electron chi connectivity index (χ4n) is 2.14. The highest BCUT2D eigenvalue weighted by atomic mass is 35.5. The Hall–Kier alpha value is -2.59. The van der Waals surface area contributed by atoms with E-state index in [1.807, 2.05) is 30.3 Å². The Balaban J connectivity index is 1.97. The number of benzene rings is 2. The van der Waals surface area contributed by atoms with E-state index in [2.05, 4.69) is 11.9 Å². The van der Waals surface area contributed by atoms with Gasteiger partial charge in [0.15, 0.2) is 0 Å². The van der Waals surface area contributed by atoms with Crippen LogP contribution in [-0.2, 0) is 27.4 Å². The van der Waals surface area contributed by atoms with Gasteiger partial charge in [-0.1, -0.05) is 48.5 Å². The summed E-state index contributed by atoms with van der Waals surface area (Å²) in [7, 11) is 0. The highest BCUT2D eigenvalue weighted by molar-refractivity contribution is 6.63. The minimum atomic E-state index is -0.685. The molecule has 0 aliphatic rings. The summed E-state index contributed by atoms with van der Waals surface area (Å²) in [5, 5.41) is 2.60. The second-order valence-corrected chi connectivity index (χ2v) is 5.60. The number of rotatable bonds is 8. The third-order valence-electron chi connectivity index (χ3n) is 3.31. The first-order valence-corrected chi connectivity index (χ1v) is 7.83. The van der Waals surface area contributed by atoms with Crippen molar-refractivity contribution in [2.75, 3.05) is 5.32 Å². The number of nitrogens with one attached hydrogen (secondary N) is 1. The maximum absolute atomic E-state index is 12.2. The van der Waals surface area contributed by atoms with Gasteiger partial charge in [0, 0.05) is 12.1 Å². The van der Waals surface area contributed by atoms with Crippen molar-refractivity contribution in [2.24, 2.45) is 0 Å². The van der Waals surface area contributed by atoms with E-state index < -0.39 is 17.3 Å². The van der Waals surface area contributed by atoms with Gasteiger partial charge in [-0.2, -0.15) is 0 Å². The molecule has 0 radical (unpaired) electrons. The van der Waals surface area contributed by atoms with Crippen molar-refractivity contribution in [1.29, 1.82) is 0 Å². The molecule has 2 rings (SSSR count). The normalized spacial score (nSPS) is 11.4. The number of carbonyl (C=O) groups is 2. The van der Waals surface area contributed by atoms with Gasteiger partial charge < -0.3 is 10.1 Å². The van der Waals surface area contributed by atoms with E-state index in [-0.39, 0.29) is 13.0 Å². The lowest BCUT2D eigenvalue weighted by Crippen LogP contribution is -2.29. The highest BCUT2D eigenvalue weighted by Gasteiger charge is 2.16. The van der Waals surface area contributed by atoms with Crippen LogP contribution in [0.25, 0.3) is 0 Å². The van der Waals surface area contributed by atoms with Crippen LogP contribution < -0.4 is 5.32 Å². The largest absolute Gasteiger partial charge is 0.459 e. The monoisotopic (exact) mass is 343 g/mol. The minimum absolute atomic E-state index is 0.133. The van der Waals surface area contributed by atoms with Crippen LogP contribution >= 0.6 is 11.6 Å². The molecule has 0 spiro atoms. The van der Waals surface area contributed by atoms with Gasteiger partial charge in [0.05, 0.1) is 0 Å². The zero-order valence-corrected chi connectivity index (χ0v) is 13.8. The molecular weight excluding hydrogens is 326 g/mol. The van der Waals surface area contributed by atoms with Crippen molar-refractivity contribution in [1.82, 2.24) is 0 Å². The highest BCUT2D eigenvalue weighted by Crippen LogP contribution is 2.14. The van der Waals surface area contributed by atoms with Crippen LogP contribution in [0.15, 0.2) is 67.3 Å². The van der Waals surface area contributed by atoms with Crippen molar-refractivity contribution in [3.05, 3.63) is 78.4 Å². The molecule has 0 amide bonds. The molecule has 1 atom stereocenters. The van der Waals surface area contributed by atoms with Crippen LogP contribution in [0.5, 0.6) is 0 Å². The second kappa shape index (κ2) is 8.89. The predicted molar refractivity (Wildman–Crippen MR) is 94.9 cm³/mol. The smallest absolute Gasteiger partial charge is 0.332 e. The third kappa shape index (κ3) is 5.56. The van der Waals surface area contributed by atoms with Gasteiger partial charge in [0.1, 0.15) is 12.6 Å². The van der Waals surface area contributed by atoms with Gasteiger partial charge >= 0.3 is 5.97 Å². The van der Waals surface area contributed by atoms with E-state index in [9.17, 15) is 9.59 Å². The first-order valence-electron chi connectivity index (χ1n) is 7.45. The molecule has 1 N–H and O–H groups in total. The number of esters is 1. The van der Waals surface area contributed by atoms with Crippen LogP contribution in [0.3, 0.4) is 0 Å². The fraction of sp³-hybridized carbons (Fsp3) is 0.158. The van der Waals surface area contributed by atoms with Crippen LogP contribution in [0.2, 0.25) is 0 Å². The van der Waals surface area contributed by atoms with Gasteiger partial charge in [-0.3, -0.25) is 4.79 Å². The van der Waals surface area contributed by atoms with Crippen molar-refractivity contribution >= 4 is 28.5 Å². The van der Waals surface area contributed by atoms with Gasteiger partial charge in [-0.25, -0.2) is 4.79 Å². The summed E-state index contributed by atoms with van der Waals surface area (Å²) in [5.41, 5.74) is 2.36. The predicted octanol–water partition coefficient (Wildman–Crippen LogP) is 3.70. The number of carbonyl (C=O) groups excluding carboxylic acids is 2. The fourth-order valence-corrected chi connectivity index (χ4v) is 2.30. The lowest BCUT2D eigenvalue weighted by atomic mass is 10.1. The molecule has 4 nitrogen and oxygen atoms in total.